The number of fused-ring (bicyclic) bond motifs is 9. The molecule has 0 aliphatic rings. The van der Waals surface area contributed by atoms with E-state index in [0.717, 1.165) is 93.8 Å². The first-order valence-corrected chi connectivity index (χ1v) is 17.2. The lowest BCUT2D eigenvalue weighted by Gasteiger charge is -2.12. The third kappa shape index (κ3) is 4.22. The lowest BCUT2D eigenvalue weighted by molar-refractivity contribution is 0.669. The minimum absolute atomic E-state index is 0.632. The molecule has 51 heavy (non-hydrogen) atoms. The molecular formula is C46H28N4O. The number of furan rings is 1. The minimum Gasteiger partial charge on any atom is -0.456 e. The summed E-state index contributed by atoms with van der Waals surface area (Å²) in [7, 11) is 0. The first-order chi connectivity index (χ1) is 25.3. The van der Waals surface area contributed by atoms with E-state index in [1.54, 1.807) is 0 Å². The van der Waals surface area contributed by atoms with Crippen LogP contribution >= 0.6 is 0 Å². The Labute approximate surface area is 292 Å². The van der Waals surface area contributed by atoms with Gasteiger partial charge in [0.05, 0.1) is 33.5 Å². The van der Waals surface area contributed by atoms with Crippen LogP contribution in [0, 0.1) is 0 Å². The zero-order valence-electron chi connectivity index (χ0n) is 27.4. The highest BCUT2D eigenvalue weighted by atomic mass is 16.3. The van der Waals surface area contributed by atoms with Crippen molar-refractivity contribution in [2.45, 2.75) is 0 Å². The maximum atomic E-state index is 6.43. The number of nitrogens with zero attached hydrogens (tertiary/aromatic N) is 4. The van der Waals surface area contributed by atoms with Gasteiger partial charge in [-0.25, -0.2) is 9.97 Å². The molecule has 0 amide bonds. The summed E-state index contributed by atoms with van der Waals surface area (Å²) in [5.41, 5.74) is 11.1. The zero-order chi connectivity index (χ0) is 33.5. The van der Waals surface area contributed by atoms with Gasteiger partial charge in [-0.2, -0.15) is 0 Å². The quantitative estimate of drug-likeness (QED) is 0.190. The van der Waals surface area contributed by atoms with Gasteiger partial charge < -0.3 is 8.98 Å². The van der Waals surface area contributed by atoms with Gasteiger partial charge in [0.25, 0.3) is 0 Å². The van der Waals surface area contributed by atoms with E-state index in [1.165, 1.54) is 0 Å². The molecule has 4 heterocycles. The Balaban J connectivity index is 1.27. The van der Waals surface area contributed by atoms with Gasteiger partial charge in [0.1, 0.15) is 11.2 Å². The summed E-state index contributed by atoms with van der Waals surface area (Å²) in [5, 5.41) is 6.78. The maximum absolute atomic E-state index is 6.43. The summed E-state index contributed by atoms with van der Waals surface area (Å²) >= 11 is 0. The molecule has 0 N–H and O–H groups in total. The molecule has 0 fully saturated rings. The monoisotopic (exact) mass is 652 g/mol. The molecule has 0 aliphatic heterocycles. The highest BCUT2D eigenvalue weighted by Gasteiger charge is 2.22. The molecule has 11 rings (SSSR count). The van der Waals surface area contributed by atoms with Crippen molar-refractivity contribution in [1.29, 1.82) is 0 Å². The standard InChI is InChI=1S/C46H28N4O/c1-4-14-29(15-5-1)38-28-39(30-16-6-2-7-17-30)48-46(47-38)50-40-22-12-10-20-32(40)34-24-41-35(25-43(34)50)36-27-45-37(33-21-11-13-23-44(33)51-45)26-42(36)49(41)31-18-8-3-9-19-31/h1-28H. The Morgan fingerprint density at radius 1 is 0.353 bits per heavy atom. The Morgan fingerprint density at radius 2 is 0.863 bits per heavy atom. The number of hydrogen-bond donors (Lipinski definition) is 0. The average molecular weight is 653 g/mol. The molecule has 238 valence electrons. The molecule has 0 spiro atoms. The molecule has 0 saturated heterocycles. The van der Waals surface area contributed by atoms with Crippen molar-refractivity contribution in [2.24, 2.45) is 0 Å². The van der Waals surface area contributed by atoms with Crippen LogP contribution in [0.25, 0.3) is 99.7 Å². The normalized spacial score (nSPS) is 11.9. The van der Waals surface area contributed by atoms with Gasteiger partial charge in [-0.1, -0.05) is 115 Å². The van der Waals surface area contributed by atoms with Gasteiger partial charge in [-0.05, 0) is 54.6 Å². The molecule has 0 aliphatic carbocycles. The van der Waals surface area contributed by atoms with Crippen molar-refractivity contribution in [3.05, 3.63) is 170 Å². The fourth-order valence-electron chi connectivity index (χ4n) is 7.81. The van der Waals surface area contributed by atoms with E-state index in [0.29, 0.717) is 5.95 Å². The number of rotatable bonds is 4. The number of para-hydroxylation sites is 3. The predicted octanol–water partition coefficient (Wildman–Crippen LogP) is 11.9. The maximum Gasteiger partial charge on any atom is 0.235 e. The second kappa shape index (κ2) is 10.8. The smallest absolute Gasteiger partial charge is 0.235 e. The molecule has 5 heteroatoms. The van der Waals surface area contributed by atoms with Crippen molar-refractivity contribution in [3.8, 4) is 34.2 Å². The van der Waals surface area contributed by atoms with Crippen LogP contribution in [0.3, 0.4) is 0 Å². The number of aromatic nitrogens is 4. The van der Waals surface area contributed by atoms with Gasteiger partial charge in [0.15, 0.2) is 0 Å². The summed E-state index contributed by atoms with van der Waals surface area (Å²) in [5.74, 6) is 0.632. The van der Waals surface area contributed by atoms with E-state index < -0.39 is 0 Å². The Kier molecular flexibility index (Phi) is 5.89. The number of hydrogen-bond acceptors (Lipinski definition) is 3. The summed E-state index contributed by atoms with van der Waals surface area (Å²) < 4.78 is 11.0. The third-order valence-electron chi connectivity index (χ3n) is 10.1. The first kappa shape index (κ1) is 27.9. The Bertz CT molecular complexity index is 3060. The Hall–Kier alpha value is -6.98. The molecule has 0 saturated carbocycles. The number of benzene rings is 7. The summed E-state index contributed by atoms with van der Waals surface area (Å²) in [6, 6.07) is 59.4. The first-order valence-electron chi connectivity index (χ1n) is 17.2. The van der Waals surface area contributed by atoms with Crippen molar-refractivity contribution in [3.63, 3.8) is 0 Å². The van der Waals surface area contributed by atoms with Gasteiger partial charge >= 0.3 is 0 Å². The molecule has 0 radical (unpaired) electrons. The highest BCUT2D eigenvalue weighted by molar-refractivity contribution is 6.21. The van der Waals surface area contributed by atoms with Crippen LogP contribution in [0.15, 0.2) is 174 Å². The summed E-state index contributed by atoms with van der Waals surface area (Å²) in [6.07, 6.45) is 0. The van der Waals surface area contributed by atoms with Crippen LogP contribution in [0.4, 0.5) is 0 Å². The fourth-order valence-corrected chi connectivity index (χ4v) is 7.81. The molecule has 5 nitrogen and oxygen atoms in total. The van der Waals surface area contributed by atoms with E-state index >= 15 is 0 Å². The van der Waals surface area contributed by atoms with Crippen molar-refractivity contribution >= 4 is 65.6 Å². The lowest BCUT2D eigenvalue weighted by Crippen LogP contribution is -2.04. The van der Waals surface area contributed by atoms with Crippen molar-refractivity contribution in [2.75, 3.05) is 0 Å². The highest BCUT2D eigenvalue weighted by Crippen LogP contribution is 2.42. The van der Waals surface area contributed by atoms with Crippen LogP contribution in [-0.2, 0) is 0 Å². The van der Waals surface area contributed by atoms with Gasteiger partial charge in [-0.15, -0.1) is 0 Å². The summed E-state index contributed by atoms with van der Waals surface area (Å²) in [4.78, 5) is 10.5. The predicted molar refractivity (Wildman–Crippen MR) is 209 cm³/mol. The van der Waals surface area contributed by atoms with Crippen LogP contribution in [0.5, 0.6) is 0 Å². The van der Waals surface area contributed by atoms with Crippen molar-refractivity contribution < 1.29 is 4.42 Å². The van der Waals surface area contributed by atoms with Crippen LogP contribution < -0.4 is 0 Å². The lowest BCUT2D eigenvalue weighted by atomic mass is 10.1. The van der Waals surface area contributed by atoms with Crippen LogP contribution in [0.2, 0.25) is 0 Å². The second-order valence-electron chi connectivity index (χ2n) is 13.0. The fraction of sp³-hybridized carbons (Fsp3) is 0. The van der Waals surface area contributed by atoms with Gasteiger partial charge in [0, 0.05) is 49.1 Å². The van der Waals surface area contributed by atoms with Crippen LogP contribution in [0.1, 0.15) is 0 Å². The molecule has 0 bridgehead atoms. The second-order valence-corrected chi connectivity index (χ2v) is 13.0. The zero-order valence-corrected chi connectivity index (χ0v) is 27.4. The van der Waals surface area contributed by atoms with Gasteiger partial charge in [0.2, 0.25) is 5.95 Å². The third-order valence-corrected chi connectivity index (χ3v) is 10.1. The Morgan fingerprint density at radius 3 is 1.55 bits per heavy atom. The van der Waals surface area contributed by atoms with E-state index in [-0.39, 0.29) is 0 Å². The largest absolute Gasteiger partial charge is 0.456 e. The molecule has 11 aromatic rings. The van der Waals surface area contributed by atoms with Crippen molar-refractivity contribution in [1.82, 2.24) is 19.1 Å². The molecule has 0 unspecified atom stereocenters. The van der Waals surface area contributed by atoms with E-state index in [2.05, 4.69) is 155 Å². The van der Waals surface area contributed by atoms with Crippen LogP contribution in [-0.4, -0.2) is 19.1 Å². The molecule has 7 aromatic carbocycles. The summed E-state index contributed by atoms with van der Waals surface area (Å²) in [6.45, 7) is 0. The van der Waals surface area contributed by atoms with E-state index in [4.69, 9.17) is 14.4 Å². The minimum atomic E-state index is 0.632. The molecule has 4 aromatic heterocycles. The van der Waals surface area contributed by atoms with Gasteiger partial charge in [-0.3, -0.25) is 4.57 Å². The molecular weight excluding hydrogens is 625 g/mol. The van der Waals surface area contributed by atoms with E-state index in [1.807, 2.05) is 24.3 Å². The molecule has 0 atom stereocenters. The SMILES string of the molecule is c1ccc(-c2cc(-c3ccccc3)nc(-n3c4ccccc4c4cc5c(cc43)c3cc4oc6ccccc6c4cc3n5-c3ccccc3)n2)cc1. The van der Waals surface area contributed by atoms with E-state index in [9.17, 15) is 0 Å². The average Bonchev–Trinajstić information content (AvgIpc) is 3.83. The topological polar surface area (TPSA) is 48.8 Å².